The van der Waals surface area contributed by atoms with Crippen molar-refractivity contribution in [1.29, 1.82) is 0 Å². The van der Waals surface area contributed by atoms with E-state index in [9.17, 15) is 9.36 Å². The van der Waals surface area contributed by atoms with Crippen LogP contribution in [-0.4, -0.2) is 26.7 Å². The molecule has 72 valence electrons. The first-order chi connectivity index (χ1) is 5.58. The van der Waals surface area contributed by atoms with Crippen LogP contribution in [0.2, 0.25) is 0 Å². The maximum Gasteiger partial charge on any atom is 0.330 e. The van der Waals surface area contributed by atoms with Crippen LogP contribution < -0.4 is 0 Å². The van der Waals surface area contributed by atoms with E-state index in [1.165, 1.54) is 14.2 Å². The van der Waals surface area contributed by atoms with Crippen LogP contribution in [0.25, 0.3) is 0 Å². The Morgan fingerprint density at radius 2 is 1.92 bits per heavy atom. The number of hydrogen-bond donors (Lipinski definition) is 0. The van der Waals surface area contributed by atoms with Gasteiger partial charge in [0.2, 0.25) is 0 Å². The van der Waals surface area contributed by atoms with Crippen molar-refractivity contribution in [1.82, 2.24) is 0 Å². The van der Waals surface area contributed by atoms with E-state index in [1.807, 2.05) is 0 Å². The molecule has 0 aliphatic carbocycles. The quantitative estimate of drug-likeness (QED) is 0.477. The molecule has 0 radical (unpaired) electrons. The highest BCUT2D eigenvalue weighted by Gasteiger charge is 2.21. The summed E-state index contributed by atoms with van der Waals surface area (Å²) in [6.07, 6.45) is 1.65. The number of rotatable bonds is 6. The second kappa shape index (κ2) is 5.46. The van der Waals surface area contributed by atoms with Gasteiger partial charge in [0, 0.05) is 20.1 Å². The summed E-state index contributed by atoms with van der Waals surface area (Å²) in [7, 11) is -0.221. The molecule has 0 saturated heterocycles. The van der Waals surface area contributed by atoms with E-state index in [4.69, 9.17) is 9.05 Å². The van der Waals surface area contributed by atoms with E-state index in [1.54, 1.807) is 6.92 Å². The van der Waals surface area contributed by atoms with Crippen molar-refractivity contribution in [2.45, 2.75) is 13.3 Å². The van der Waals surface area contributed by atoms with E-state index in [0.29, 0.717) is 12.6 Å². The van der Waals surface area contributed by atoms with Gasteiger partial charge in [0.15, 0.2) is 0 Å². The van der Waals surface area contributed by atoms with Crippen LogP contribution in [0.1, 0.15) is 13.3 Å². The normalized spacial score (nSPS) is 14.2. The monoisotopic (exact) mass is 194 g/mol. The van der Waals surface area contributed by atoms with E-state index >= 15 is 0 Å². The number of carbonyl (C=O) groups excluding carboxylic acids is 1. The Bertz CT molecular complexity index is 172. The third-order valence-corrected chi connectivity index (χ3v) is 3.57. The van der Waals surface area contributed by atoms with Crippen LogP contribution in [0.3, 0.4) is 0 Å². The SMILES string of the molecule is COP(=O)(CCC(C)C=O)OC. The highest BCUT2D eigenvalue weighted by molar-refractivity contribution is 7.53. The van der Waals surface area contributed by atoms with Crippen LogP contribution in [0.4, 0.5) is 0 Å². The van der Waals surface area contributed by atoms with Gasteiger partial charge in [-0.3, -0.25) is 4.57 Å². The van der Waals surface area contributed by atoms with Gasteiger partial charge < -0.3 is 13.8 Å². The fraction of sp³-hybridized carbons (Fsp3) is 0.857. The molecule has 0 spiro atoms. The lowest BCUT2D eigenvalue weighted by molar-refractivity contribution is -0.110. The first-order valence-electron chi connectivity index (χ1n) is 3.74. The third kappa shape index (κ3) is 4.00. The molecule has 0 aliphatic heterocycles. The van der Waals surface area contributed by atoms with Crippen molar-refractivity contribution in [3.63, 3.8) is 0 Å². The average molecular weight is 194 g/mol. The van der Waals surface area contributed by atoms with Gasteiger partial charge in [-0.25, -0.2) is 0 Å². The zero-order valence-electron chi connectivity index (χ0n) is 7.65. The fourth-order valence-electron chi connectivity index (χ4n) is 0.687. The molecule has 0 N–H and O–H groups in total. The molecule has 0 bridgehead atoms. The third-order valence-electron chi connectivity index (χ3n) is 1.65. The Kier molecular flexibility index (Phi) is 5.38. The molecule has 0 saturated carbocycles. The van der Waals surface area contributed by atoms with Crippen molar-refractivity contribution >= 4 is 13.9 Å². The maximum atomic E-state index is 11.4. The summed E-state index contributed by atoms with van der Waals surface area (Å²) < 4.78 is 20.8. The maximum absolute atomic E-state index is 11.4. The molecule has 0 aromatic heterocycles. The molecule has 12 heavy (non-hydrogen) atoms. The predicted octanol–water partition coefficient (Wildman–Crippen LogP) is 1.70. The summed E-state index contributed by atoms with van der Waals surface area (Å²) in [5.41, 5.74) is 0. The molecule has 0 heterocycles. The summed E-state index contributed by atoms with van der Waals surface area (Å²) >= 11 is 0. The van der Waals surface area contributed by atoms with E-state index in [-0.39, 0.29) is 5.92 Å². The molecule has 0 rings (SSSR count). The highest BCUT2D eigenvalue weighted by Crippen LogP contribution is 2.47. The molecular weight excluding hydrogens is 179 g/mol. The second-order valence-corrected chi connectivity index (χ2v) is 5.00. The number of hydrogen-bond acceptors (Lipinski definition) is 4. The summed E-state index contributed by atoms with van der Waals surface area (Å²) in [6, 6.07) is 0. The van der Waals surface area contributed by atoms with Gasteiger partial charge in [-0.15, -0.1) is 0 Å². The van der Waals surface area contributed by atoms with Crippen molar-refractivity contribution in [3.05, 3.63) is 0 Å². The van der Waals surface area contributed by atoms with Gasteiger partial charge in [-0.1, -0.05) is 6.92 Å². The minimum Gasteiger partial charge on any atom is -0.312 e. The lowest BCUT2D eigenvalue weighted by Crippen LogP contribution is -2.02. The van der Waals surface area contributed by atoms with E-state index in [0.717, 1.165) is 6.29 Å². The standard InChI is InChI=1S/C7H15O4P/c1-7(6-8)4-5-12(9,10-2)11-3/h6-7H,4-5H2,1-3H3. The zero-order valence-corrected chi connectivity index (χ0v) is 8.54. The Balaban J connectivity index is 3.89. The number of aldehydes is 1. The Labute approximate surface area is 72.8 Å². The Morgan fingerprint density at radius 3 is 2.25 bits per heavy atom. The van der Waals surface area contributed by atoms with Gasteiger partial charge in [-0.2, -0.15) is 0 Å². The topological polar surface area (TPSA) is 52.6 Å². The Morgan fingerprint density at radius 1 is 1.42 bits per heavy atom. The van der Waals surface area contributed by atoms with Gasteiger partial charge in [-0.05, 0) is 6.42 Å². The van der Waals surface area contributed by atoms with Gasteiger partial charge >= 0.3 is 7.60 Å². The smallest absolute Gasteiger partial charge is 0.312 e. The van der Waals surface area contributed by atoms with Crippen LogP contribution >= 0.6 is 7.60 Å². The van der Waals surface area contributed by atoms with Gasteiger partial charge in [0.25, 0.3) is 0 Å². The molecule has 1 atom stereocenters. The predicted molar refractivity (Wildman–Crippen MR) is 46.3 cm³/mol. The van der Waals surface area contributed by atoms with Crippen molar-refractivity contribution in [2.24, 2.45) is 5.92 Å². The van der Waals surface area contributed by atoms with Crippen molar-refractivity contribution in [3.8, 4) is 0 Å². The van der Waals surface area contributed by atoms with Crippen LogP contribution in [0.15, 0.2) is 0 Å². The molecule has 5 heteroatoms. The highest BCUT2D eigenvalue weighted by atomic mass is 31.2. The fourth-order valence-corrected chi connectivity index (χ4v) is 1.92. The molecule has 0 amide bonds. The molecule has 0 aromatic carbocycles. The van der Waals surface area contributed by atoms with Gasteiger partial charge in [0.05, 0.1) is 6.16 Å². The molecule has 0 fully saturated rings. The lowest BCUT2D eigenvalue weighted by atomic mass is 10.1. The minimum atomic E-state index is -2.91. The first kappa shape index (κ1) is 11.8. The Hall–Kier alpha value is -0.180. The zero-order chi connectivity index (χ0) is 9.61. The molecule has 4 nitrogen and oxygen atoms in total. The van der Waals surface area contributed by atoms with E-state index < -0.39 is 7.60 Å². The lowest BCUT2D eigenvalue weighted by Gasteiger charge is -2.13. The van der Waals surface area contributed by atoms with Gasteiger partial charge in [0.1, 0.15) is 6.29 Å². The van der Waals surface area contributed by atoms with Crippen molar-refractivity contribution in [2.75, 3.05) is 20.4 Å². The molecule has 0 aliphatic rings. The van der Waals surface area contributed by atoms with Crippen LogP contribution in [0, 0.1) is 5.92 Å². The van der Waals surface area contributed by atoms with E-state index in [2.05, 4.69) is 0 Å². The molecular formula is C7H15O4P. The van der Waals surface area contributed by atoms with Crippen LogP contribution in [0.5, 0.6) is 0 Å². The average Bonchev–Trinajstić information content (AvgIpc) is 2.13. The summed E-state index contributed by atoms with van der Waals surface area (Å²) in [5.74, 6) is -0.0939. The van der Waals surface area contributed by atoms with Crippen molar-refractivity contribution < 1.29 is 18.4 Å². The summed E-state index contributed by atoms with van der Waals surface area (Å²) in [5, 5.41) is 0. The molecule has 1 unspecified atom stereocenters. The number of carbonyl (C=O) groups is 1. The second-order valence-electron chi connectivity index (χ2n) is 2.60. The largest absolute Gasteiger partial charge is 0.330 e. The summed E-state index contributed by atoms with van der Waals surface area (Å²) in [6.45, 7) is 1.77. The van der Waals surface area contributed by atoms with Crippen LogP contribution in [-0.2, 0) is 18.4 Å². The summed E-state index contributed by atoms with van der Waals surface area (Å²) in [4.78, 5) is 10.2. The molecule has 0 aromatic rings. The minimum absolute atomic E-state index is 0.0939. The first-order valence-corrected chi connectivity index (χ1v) is 5.46.